The second kappa shape index (κ2) is 7.23. The predicted octanol–water partition coefficient (Wildman–Crippen LogP) is 2.13. The summed E-state index contributed by atoms with van der Waals surface area (Å²) < 4.78 is 0. The Kier molecular flexibility index (Phi) is 5.00. The number of hydrogen-bond acceptors (Lipinski definition) is 6. The number of hydrogen-bond donors (Lipinski definition) is 3. The maximum atomic E-state index is 11.7. The van der Waals surface area contributed by atoms with E-state index < -0.39 is 16.0 Å². The van der Waals surface area contributed by atoms with Crippen molar-refractivity contribution >= 4 is 45.1 Å². The quantitative estimate of drug-likeness (QED) is 0.330. The number of aromatic nitrogens is 2. The van der Waals surface area contributed by atoms with Gasteiger partial charge in [0.2, 0.25) is 0 Å². The molecule has 2 aromatic carbocycles. The Hall–Kier alpha value is -3.14. The molecule has 0 bridgehead atoms. The molecular weight excluding hydrogens is 418 g/mol. The fourth-order valence-corrected chi connectivity index (χ4v) is 3.23. The van der Waals surface area contributed by atoms with Gasteiger partial charge < -0.3 is 20.2 Å². The molecule has 0 fully saturated rings. The highest BCUT2D eigenvalue weighted by Crippen LogP contribution is 2.31. The molecule has 0 atom stereocenters. The summed E-state index contributed by atoms with van der Waals surface area (Å²) in [6.45, 7) is 1.80. The summed E-state index contributed by atoms with van der Waals surface area (Å²) in [6.07, 6.45) is 0. The molecule has 1 aliphatic heterocycles. The fourth-order valence-electron chi connectivity index (χ4n) is 3.23. The zero-order chi connectivity index (χ0) is 18.3. The van der Waals surface area contributed by atoms with E-state index in [2.05, 4.69) is 20.2 Å². The van der Waals surface area contributed by atoms with Gasteiger partial charge >= 0.3 is 11.1 Å². The van der Waals surface area contributed by atoms with Crippen molar-refractivity contribution in [1.82, 2.24) is 9.97 Å². The highest BCUT2D eigenvalue weighted by molar-refractivity contribution is 8.93. The molecule has 10 heteroatoms. The number of halogens is 1. The highest BCUT2D eigenvalue weighted by Gasteiger charge is 2.20. The lowest BCUT2D eigenvalue weighted by Gasteiger charge is -2.32. The number of aromatic amines is 2. The minimum absolute atomic E-state index is 0. The maximum absolute atomic E-state index is 11.7. The van der Waals surface area contributed by atoms with Gasteiger partial charge in [-0.3, -0.25) is 19.7 Å². The van der Waals surface area contributed by atoms with Crippen molar-refractivity contribution in [2.24, 2.45) is 0 Å². The molecule has 1 aliphatic rings. The fraction of sp³-hybridized carbons (Fsp3) is 0.176. The van der Waals surface area contributed by atoms with Crippen molar-refractivity contribution in [2.45, 2.75) is 6.54 Å². The molecule has 0 amide bonds. The second-order valence-electron chi connectivity index (χ2n) is 6.06. The number of non-ortho nitro benzene ring substituents is 1. The smallest absolute Gasteiger partial charge is 0.314 e. The van der Waals surface area contributed by atoms with Gasteiger partial charge in [-0.2, -0.15) is 0 Å². The zero-order valence-electron chi connectivity index (χ0n) is 14.0. The largest absolute Gasteiger partial charge is 0.382 e. The van der Waals surface area contributed by atoms with Gasteiger partial charge in [-0.25, -0.2) is 0 Å². The third kappa shape index (κ3) is 3.43. The van der Waals surface area contributed by atoms with Crippen LogP contribution in [0.5, 0.6) is 0 Å². The summed E-state index contributed by atoms with van der Waals surface area (Å²) in [5.74, 6) is 0. The van der Waals surface area contributed by atoms with Crippen molar-refractivity contribution in [2.75, 3.05) is 23.3 Å². The molecular formula is C17H16BrN5O4. The summed E-state index contributed by atoms with van der Waals surface area (Å²) in [6, 6.07) is 10.5. The predicted molar refractivity (Wildman–Crippen MR) is 108 cm³/mol. The van der Waals surface area contributed by atoms with E-state index in [0.29, 0.717) is 24.2 Å². The summed E-state index contributed by atoms with van der Waals surface area (Å²) in [7, 11) is 0. The Balaban J connectivity index is 0.00000210. The number of benzene rings is 2. The average Bonchev–Trinajstić information content (AvgIpc) is 2.63. The first-order valence-electron chi connectivity index (χ1n) is 8.04. The number of H-pyrrole nitrogens is 2. The van der Waals surface area contributed by atoms with E-state index in [0.717, 1.165) is 17.9 Å². The number of nitrogens with one attached hydrogen (secondary N) is 3. The number of nitro benzene ring substituents is 1. The third-order valence-electron chi connectivity index (χ3n) is 4.41. The molecule has 0 radical (unpaired) electrons. The monoisotopic (exact) mass is 433 g/mol. The normalized spacial score (nSPS) is 12.8. The van der Waals surface area contributed by atoms with Gasteiger partial charge in [-0.15, -0.1) is 17.0 Å². The number of anilines is 2. The van der Waals surface area contributed by atoms with Crippen LogP contribution in [0.4, 0.5) is 17.1 Å². The van der Waals surface area contributed by atoms with Crippen molar-refractivity contribution in [1.29, 1.82) is 0 Å². The Morgan fingerprint density at radius 2 is 1.85 bits per heavy atom. The highest BCUT2D eigenvalue weighted by atomic mass is 79.9. The topological polar surface area (TPSA) is 124 Å². The van der Waals surface area contributed by atoms with Crippen LogP contribution >= 0.6 is 17.0 Å². The first kappa shape index (κ1) is 18.6. The molecule has 0 spiro atoms. The van der Waals surface area contributed by atoms with Crippen LogP contribution < -0.4 is 21.3 Å². The van der Waals surface area contributed by atoms with Gasteiger partial charge in [0.1, 0.15) is 0 Å². The van der Waals surface area contributed by atoms with Crippen LogP contribution in [0.3, 0.4) is 0 Å². The molecule has 27 heavy (non-hydrogen) atoms. The molecule has 2 heterocycles. The Bertz CT molecular complexity index is 1140. The van der Waals surface area contributed by atoms with Gasteiger partial charge in [0.25, 0.3) is 5.69 Å². The summed E-state index contributed by atoms with van der Waals surface area (Å²) in [5.41, 5.74) is 1.40. The Morgan fingerprint density at radius 3 is 2.63 bits per heavy atom. The molecule has 1 aromatic heterocycles. The van der Waals surface area contributed by atoms with Crippen molar-refractivity contribution in [3.8, 4) is 0 Å². The van der Waals surface area contributed by atoms with Crippen molar-refractivity contribution in [3.05, 3.63) is 72.8 Å². The second-order valence-corrected chi connectivity index (χ2v) is 6.06. The van der Waals surface area contributed by atoms with Crippen LogP contribution in [-0.2, 0) is 6.54 Å². The standard InChI is InChI=1S/C17H15N5O4.BrH/c23-16-17(24)20-15-10(7-11(22(25)26)8-13(15)19-16)9-21-6-5-18-12-3-1-2-4-14(12)21;/h1-4,7-8,18H,5-6,9H2,(H,19,23)(H,20,24);1H. The van der Waals surface area contributed by atoms with E-state index in [1.54, 1.807) is 0 Å². The van der Waals surface area contributed by atoms with Gasteiger partial charge in [0, 0.05) is 37.3 Å². The first-order valence-corrected chi connectivity index (χ1v) is 8.04. The molecule has 3 aromatic rings. The maximum Gasteiger partial charge on any atom is 0.314 e. The van der Waals surface area contributed by atoms with Crippen LogP contribution in [0.15, 0.2) is 46.0 Å². The molecule has 140 valence electrons. The number of para-hydroxylation sites is 2. The third-order valence-corrected chi connectivity index (χ3v) is 4.41. The van der Waals surface area contributed by atoms with E-state index in [-0.39, 0.29) is 28.2 Å². The first-order chi connectivity index (χ1) is 12.5. The lowest BCUT2D eigenvalue weighted by Crippen LogP contribution is -2.34. The molecule has 0 saturated carbocycles. The number of rotatable bonds is 3. The van der Waals surface area contributed by atoms with Gasteiger partial charge in [-0.05, 0) is 12.1 Å². The van der Waals surface area contributed by atoms with Crippen molar-refractivity contribution in [3.63, 3.8) is 0 Å². The average molecular weight is 434 g/mol. The Labute approximate surface area is 162 Å². The van der Waals surface area contributed by atoms with Crippen LogP contribution in [0.1, 0.15) is 5.56 Å². The molecule has 0 unspecified atom stereocenters. The lowest BCUT2D eigenvalue weighted by atomic mass is 10.1. The SMILES string of the molecule is Br.O=c1[nH]c2cc([N+](=O)[O-])cc(CN3CCNc4ccccc43)c2[nH]c1=O. The van der Waals surface area contributed by atoms with Gasteiger partial charge in [-0.1, -0.05) is 12.1 Å². The van der Waals surface area contributed by atoms with E-state index in [4.69, 9.17) is 0 Å². The van der Waals surface area contributed by atoms with Crippen LogP contribution in [-0.4, -0.2) is 28.0 Å². The van der Waals surface area contributed by atoms with E-state index in [9.17, 15) is 19.7 Å². The lowest BCUT2D eigenvalue weighted by molar-refractivity contribution is -0.384. The number of nitro groups is 1. The van der Waals surface area contributed by atoms with Gasteiger partial charge in [0.15, 0.2) is 0 Å². The number of nitrogens with zero attached hydrogens (tertiary/aromatic N) is 2. The van der Waals surface area contributed by atoms with Gasteiger partial charge in [0.05, 0.1) is 27.3 Å². The van der Waals surface area contributed by atoms with Crippen LogP contribution in [0.2, 0.25) is 0 Å². The van der Waals surface area contributed by atoms with E-state index in [1.165, 1.54) is 12.1 Å². The Morgan fingerprint density at radius 1 is 1.11 bits per heavy atom. The minimum Gasteiger partial charge on any atom is -0.382 e. The molecule has 4 rings (SSSR count). The molecule has 0 saturated heterocycles. The minimum atomic E-state index is -0.837. The summed E-state index contributed by atoms with van der Waals surface area (Å²) in [5, 5.41) is 14.6. The molecule has 9 nitrogen and oxygen atoms in total. The molecule has 0 aliphatic carbocycles. The van der Waals surface area contributed by atoms with Crippen LogP contribution in [0.25, 0.3) is 11.0 Å². The van der Waals surface area contributed by atoms with Crippen LogP contribution in [0, 0.1) is 10.1 Å². The van der Waals surface area contributed by atoms with E-state index >= 15 is 0 Å². The summed E-state index contributed by atoms with van der Waals surface area (Å²) in [4.78, 5) is 41.1. The molecule has 3 N–H and O–H groups in total. The number of fused-ring (bicyclic) bond motifs is 2. The summed E-state index contributed by atoms with van der Waals surface area (Å²) >= 11 is 0. The van der Waals surface area contributed by atoms with Crippen molar-refractivity contribution < 1.29 is 4.92 Å². The van der Waals surface area contributed by atoms with E-state index in [1.807, 2.05) is 24.3 Å². The zero-order valence-corrected chi connectivity index (χ0v) is 15.7.